The Labute approximate surface area is 180 Å². The lowest BCUT2D eigenvalue weighted by Gasteiger charge is -2.34. The first kappa shape index (κ1) is 23.6. The number of carbonyl (C=O) groups is 2. The molecule has 7 nitrogen and oxygen atoms in total. The Balaban J connectivity index is 2.39. The number of phenolic OH excluding ortho intramolecular Hbond substituents is 1. The Morgan fingerprint density at radius 1 is 1.07 bits per heavy atom. The van der Waals surface area contributed by atoms with E-state index in [0.717, 1.165) is 21.8 Å². The summed E-state index contributed by atoms with van der Waals surface area (Å²) in [6.45, 7) is 5.15. The molecule has 1 unspecified atom stereocenters. The summed E-state index contributed by atoms with van der Waals surface area (Å²) in [4.78, 5) is 25.2. The summed E-state index contributed by atoms with van der Waals surface area (Å²) in [5.74, 6) is -0.820. The summed E-state index contributed by atoms with van der Waals surface area (Å²) < 4.78 is 12.1. The largest absolute Gasteiger partial charge is 0.508 e. The average Bonchev–Trinajstić information content (AvgIpc) is 2.67. The molecule has 0 saturated heterocycles. The van der Waals surface area contributed by atoms with Crippen molar-refractivity contribution in [2.24, 2.45) is 0 Å². The van der Waals surface area contributed by atoms with Gasteiger partial charge in [-0.05, 0) is 56.0 Å². The number of aromatic hydroxyl groups is 1. The van der Waals surface area contributed by atoms with Gasteiger partial charge in [-0.15, -0.1) is 0 Å². The van der Waals surface area contributed by atoms with E-state index in [1.54, 1.807) is 32.9 Å². The molecule has 0 heterocycles. The highest BCUT2D eigenvalue weighted by atomic mass is 32.2. The third kappa shape index (κ3) is 6.67. The molecule has 0 spiro atoms. The second-order valence-corrected chi connectivity index (χ2v) is 8.54. The van der Waals surface area contributed by atoms with Crippen molar-refractivity contribution < 1.29 is 29.3 Å². The molecule has 0 aliphatic heterocycles. The van der Waals surface area contributed by atoms with Gasteiger partial charge >= 0.3 is 12.1 Å². The van der Waals surface area contributed by atoms with Crippen LogP contribution in [0.3, 0.4) is 0 Å². The molecule has 0 saturated carbocycles. The number of ether oxygens (including phenoxy) is 2. The molecule has 0 aliphatic carbocycles. The molecule has 0 aliphatic rings. The normalized spacial score (nSPS) is 13.3. The zero-order valence-electron chi connectivity index (χ0n) is 17.4. The number of amides is 1. The van der Waals surface area contributed by atoms with Crippen molar-refractivity contribution in [3.05, 3.63) is 65.7 Å². The minimum atomic E-state index is -1.36. The van der Waals surface area contributed by atoms with Crippen molar-refractivity contribution in [2.45, 2.75) is 44.3 Å². The second kappa shape index (κ2) is 10.4. The van der Waals surface area contributed by atoms with Gasteiger partial charge in [0, 0.05) is 12.9 Å². The highest BCUT2D eigenvalue weighted by molar-refractivity contribution is 7.96. The molecular weight excluding hydrogens is 406 g/mol. The molecule has 2 N–H and O–H groups in total. The maximum absolute atomic E-state index is 13.0. The molecule has 2 rings (SSSR count). The van der Waals surface area contributed by atoms with Crippen LogP contribution in [0.2, 0.25) is 0 Å². The number of rotatable bonds is 8. The number of carboxylic acids is 1. The number of aliphatic carboxylic acids is 1. The van der Waals surface area contributed by atoms with E-state index in [1.807, 2.05) is 30.3 Å². The van der Waals surface area contributed by atoms with E-state index in [1.165, 1.54) is 19.2 Å². The summed E-state index contributed by atoms with van der Waals surface area (Å²) in [7, 11) is 1.38. The number of benzene rings is 2. The minimum absolute atomic E-state index is 0.0444. The summed E-state index contributed by atoms with van der Waals surface area (Å²) in [6, 6.07) is 14.1. The molecule has 2 aromatic rings. The average molecular weight is 434 g/mol. The first-order valence-corrected chi connectivity index (χ1v) is 10.3. The van der Waals surface area contributed by atoms with Gasteiger partial charge in [0.25, 0.3) is 0 Å². The van der Waals surface area contributed by atoms with Crippen molar-refractivity contribution >= 4 is 24.0 Å². The Hall–Kier alpha value is -2.71. The fraction of sp³-hybridized carbons (Fsp3) is 0.364. The van der Waals surface area contributed by atoms with E-state index in [0.29, 0.717) is 11.3 Å². The first-order valence-electron chi connectivity index (χ1n) is 9.36. The molecule has 0 fully saturated rings. The maximum Gasteiger partial charge on any atom is 0.421 e. The number of methoxy groups -OCH3 is 1. The highest BCUT2D eigenvalue weighted by Crippen LogP contribution is 2.32. The van der Waals surface area contributed by atoms with Gasteiger partial charge < -0.3 is 19.7 Å². The Morgan fingerprint density at radius 2 is 1.67 bits per heavy atom. The quantitative estimate of drug-likeness (QED) is 0.587. The molecule has 2 atom stereocenters. The Morgan fingerprint density at radius 3 is 2.17 bits per heavy atom. The number of nitrogens with zero attached hydrogens (tertiary/aromatic N) is 1. The Kier molecular flexibility index (Phi) is 8.14. The summed E-state index contributed by atoms with van der Waals surface area (Å²) >= 11 is 1.05. The predicted molar refractivity (Wildman–Crippen MR) is 115 cm³/mol. The lowest BCUT2D eigenvalue weighted by Crippen LogP contribution is -2.47. The van der Waals surface area contributed by atoms with Crippen LogP contribution in [-0.2, 0) is 20.0 Å². The van der Waals surface area contributed by atoms with Gasteiger partial charge in [0.05, 0.1) is 0 Å². The number of phenols is 1. The second-order valence-electron chi connectivity index (χ2n) is 7.60. The number of carbonyl (C=O) groups excluding carboxylic acids is 1. The van der Waals surface area contributed by atoms with Crippen molar-refractivity contribution in [3.8, 4) is 5.75 Å². The topological polar surface area (TPSA) is 96.3 Å². The van der Waals surface area contributed by atoms with E-state index < -0.39 is 29.8 Å². The molecule has 30 heavy (non-hydrogen) atoms. The fourth-order valence-corrected chi connectivity index (χ4v) is 3.72. The zero-order valence-corrected chi connectivity index (χ0v) is 18.3. The van der Waals surface area contributed by atoms with E-state index in [2.05, 4.69) is 0 Å². The van der Waals surface area contributed by atoms with Gasteiger partial charge in [0.1, 0.15) is 17.5 Å². The van der Waals surface area contributed by atoms with Crippen LogP contribution in [0.1, 0.15) is 38.0 Å². The van der Waals surface area contributed by atoms with E-state index in [-0.39, 0.29) is 5.75 Å². The lowest BCUT2D eigenvalue weighted by atomic mass is 10.0. The molecule has 1 amide bonds. The third-order valence-corrected chi connectivity index (χ3v) is 5.17. The fourth-order valence-electron chi connectivity index (χ4n) is 2.74. The van der Waals surface area contributed by atoms with Crippen LogP contribution in [-0.4, -0.2) is 45.3 Å². The molecule has 8 heteroatoms. The molecule has 0 bridgehead atoms. The van der Waals surface area contributed by atoms with Gasteiger partial charge in [-0.2, -0.15) is 0 Å². The van der Waals surface area contributed by atoms with Crippen LogP contribution in [0.15, 0.2) is 54.6 Å². The van der Waals surface area contributed by atoms with Crippen LogP contribution >= 0.6 is 11.9 Å². The van der Waals surface area contributed by atoms with E-state index in [9.17, 15) is 19.8 Å². The molecule has 0 aromatic heterocycles. The molecule has 162 valence electrons. The van der Waals surface area contributed by atoms with Gasteiger partial charge in [0.15, 0.2) is 6.04 Å². The van der Waals surface area contributed by atoms with Crippen LogP contribution in [0.25, 0.3) is 0 Å². The highest BCUT2D eigenvalue weighted by Gasteiger charge is 2.40. The van der Waals surface area contributed by atoms with Gasteiger partial charge in [0.2, 0.25) is 0 Å². The number of hydrogen-bond acceptors (Lipinski definition) is 6. The van der Waals surface area contributed by atoms with E-state index >= 15 is 0 Å². The SMILES string of the molecule is COC(c1ccc(O)cc1)[C@H](C(=O)O)N(SCc1ccccc1)C(=O)OC(C)(C)C. The van der Waals surface area contributed by atoms with Crippen LogP contribution < -0.4 is 0 Å². The number of hydrogen-bond donors (Lipinski definition) is 2. The van der Waals surface area contributed by atoms with Crippen molar-refractivity contribution in [1.82, 2.24) is 4.31 Å². The molecule has 2 aromatic carbocycles. The monoisotopic (exact) mass is 433 g/mol. The summed E-state index contributed by atoms with van der Waals surface area (Å²) in [5.41, 5.74) is 0.641. The smallest absolute Gasteiger partial charge is 0.421 e. The zero-order chi connectivity index (χ0) is 22.3. The predicted octanol–water partition coefficient (Wildman–Crippen LogP) is 4.62. The van der Waals surface area contributed by atoms with Gasteiger partial charge in [-0.3, -0.25) is 0 Å². The lowest BCUT2D eigenvalue weighted by molar-refractivity contribution is -0.146. The van der Waals surface area contributed by atoms with Crippen LogP contribution in [0.5, 0.6) is 5.75 Å². The van der Waals surface area contributed by atoms with E-state index in [4.69, 9.17) is 9.47 Å². The number of carboxylic acid groups (broad SMARTS) is 1. The van der Waals surface area contributed by atoms with Gasteiger partial charge in [-0.1, -0.05) is 42.5 Å². The molecule has 0 radical (unpaired) electrons. The van der Waals surface area contributed by atoms with Crippen molar-refractivity contribution in [2.75, 3.05) is 7.11 Å². The third-order valence-electron chi connectivity index (χ3n) is 4.05. The maximum atomic E-state index is 13.0. The summed E-state index contributed by atoms with van der Waals surface area (Å²) in [6.07, 6.45) is -1.74. The van der Waals surface area contributed by atoms with Crippen LogP contribution in [0.4, 0.5) is 4.79 Å². The first-order chi connectivity index (χ1) is 14.1. The van der Waals surface area contributed by atoms with Crippen molar-refractivity contribution in [1.29, 1.82) is 0 Å². The standard InChI is InChI=1S/C22H27NO6S/c1-22(2,3)29-21(27)23(30-14-15-8-6-5-7-9-15)18(20(25)26)19(28-4)16-10-12-17(24)13-11-16/h5-13,18-19,24H,14H2,1-4H3,(H,25,26)/t18-,19?/m1/s1. The Bertz CT molecular complexity index is 835. The molecular formula is C22H27NO6S. The van der Waals surface area contributed by atoms with Gasteiger partial charge in [-0.25, -0.2) is 13.9 Å². The minimum Gasteiger partial charge on any atom is -0.508 e. The van der Waals surface area contributed by atoms with Crippen molar-refractivity contribution in [3.63, 3.8) is 0 Å². The summed E-state index contributed by atoms with van der Waals surface area (Å²) in [5, 5.41) is 19.6. The van der Waals surface area contributed by atoms with Crippen LogP contribution in [0, 0.1) is 0 Å².